The first-order valence-electron chi connectivity index (χ1n) is 6.08. The van der Waals surface area contributed by atoms with Gasteiger partial charge in [0.05, 0.1) is 12.0 Å². The van der Waals surface area contributed by atoms with Crippen molar-refractivity contribution >= 4 is 21.7 Å². The molecule has 0 aromatic heterocycles. The Morgan fingerprint density at radius 2 is 1.85 bits per heavy atom. The van der Waals surface area contributed by atoms with E-state index in [4.69, 9.17) is 5.73 Å². The first kappa shape index (κ1) is 16.5. The SMILES string of the molecule is COC(=O)C(C)NS(=O)(=O)c1c(C)c(C)cc(N)c1C. The molecule has 3 N–H and O–H groups in total. The smallest absolute Gasteiger partial charge is 0.323 e. The summed E-state index contributed by atoms with van der Waals surface area (Å²) in [5.74, 6) is -0.649. The van der Waals surface area contributed by atoms with E-state index in [-0.39, 0.29) is 4.90 Å². The molecule has 112 valence electrons. The minimum atomic E-state index is -3.85. The van der Waals surface area contributed by atoms with E-state index in [1.165, 1.54) is 14.0 Å². The van der Waals surface area contributed by atoms with Crippen LogP contribution in [0.5, 0.6) is 0 Å². The van der Waals surface area contributed by atoms with Gasteiger partial charge in [-0.25, -0.2) is 8.42 Å². The van der Waals surface area contributed by atoms with Crippen molar-refractivity contribution in [2.75, 3.05) is 12.8 Å². The van der Waals surface area contributed by atoms with E-state index in [9.17, 15) is 13.2 Å². The third-order valence-electron chi connectivity index (χ3n) is 3.23. The third-order valence-corrected chi connectivity index (χ3v) is 5.05. The van der Waals surface area contributed by atoms with Crippen LogP contribution < -0.4 is 10.5 Å². The predicted molar refractivity (Wildman–Crippen MR) is 76.9 cm³/mol. The van der Waals surface area contributed by atoms with Gasteiger partial charge in [0.2, 0.25) is 10.0 Å². The summed E-state index contributed by atoms with van der Waals surface area (Å²) in [6.45, 7) is 6.55. The van der Waals surface area contributed by atoms with Crippen molar-refractivity contribution in [1.82, 2.24) is 4.72 Å². The zero-order valence-electron chi connectivity index (χ0n) is 12.3. The minimum Gasteiger partial charge on any atom is -0.468 e. The van der Waals surface area contributed by atoms with E-state index < -0.39 is 22.0 Å². The second-order valence-electron chi connectivity index (χ2n) is 4.73. The molecule has 7 heteroatoms. The van der Waals surface area contributed by atoms with E-state index in [1.807, 2.05) is 0 Å². The molecule has 0 aliphatic rings. The Bertz CT molecular complexity index is 612. The highest BCUT2D eigenvalue weighted by atomic mass is 32.2. The highest BCUT2D eigenvalue weighted by Crippen LogP contribution is 2.27. The Balaban J connectivity index is 3.33. The summed E-state index contributed by atoms with van der Waals surface area (Å²) in [6.07, 6.45) is 0. The number of aryl methyl sites for hydroxylation is 1. The van der Waals surface area contributed by atoms with E-state index in [2.05, 4.69) is 9.46 Å². The molecule has 1 aromatic rings. The zero-order chi connectivity index (χ0) is 15.7. The van der Waals surface area contributed by atoms with Crippen molar-refractivity contribution < 1.29 is 17.9 Å². The number of nitrogen functional groups attached to an aromatic ring is 1. The summed E-state index contributed by atoms with van der Waals surface area (Å²) < 4.78 is 31.7. The van der Waals surface area contributed by atoms with E-state index in [0.29, 0.717) is 16.8 Å². The molecule has 0 aliphatic carbocycles. The lowest BCUT2D eigenvalue weighted by Crippen LogP contribution is -2.39. The topological polar surface area (TPSA) is 98.5 Å². The Morgan fingerprint density at radius 3 is 2.35 bits per heavy atom. The number of hydrogen-bond acceptors (Lipinski definition) is 5. The Labute approximate surface area is 119 Å². The molecular formula is C13H20N2O4S. The Hall–Kier alpha value is -1.60. The number of rotatable bonds is 4. The van der Waals surface area contributed by atoms with Crippen LogP contribution in [0.4, 0.5) is 5.69 Å². The lowest BCUT2D eigenvalue weighted by Gasteiger charge is -2.18. The molecular weight excluding hydrogens is 280 g/mol. The van der Waals surface area contributed by atoms with Crippen molar-refractivity contribution in [3.8, 4) is 0 Å². The van der Waals surface area contributed by atoms with Gasteiger partial charge in [0.15, 0.2) is 0 Å². The van der Waals surface area contributed by atoms with Gasteiger partial charge < -0.3 is 10.5 Å². The molecule has 6 nitrogen and oxygen atoms in total. The number of benzene rings is 1. The van der Waals surface area contributed by atoms with Gasteiger partial charge in [-0.1, -0.05) is 0 Å². The molecule has 0 saturated carbocycles. The van der Waals surface area contributed by atoms with Crippen LogP contribution in [-0.4, -0.2) is 27.5 Å². The van der Waals surface area contributed by atoms with Crippen molar-refractivity contribution in [3.63, 3.8) is 0 Å². The van der Waals surface area contributed by atoms with Crippen molar-refractivity contribution in [2.24, 2.45) is 0 Å². The summed E-state index contributed by atoms with van der Waals surface area (Å²) in [7, 11) is -2.65. The lowest BCUT2D eigenvalue weighted by atomic mass is 10.1. The van der Waals surface area contributed by atoms with Crippen LogP contribution in [0.1, 0.15) is 23.6 Å². The molecule has 1 unspecified atom stereocenters. The summed E-state index contributed by atoms with van der Waals surface area (Å²) in [5.41, 5.74) is 8.08. The normalized spacial score (nSPS) is 13.1. The maximum absolute atomic E-state index is 12.4. The maximum Gasteiger partial charge on any atom is 0.323 e. The molecule has 1 aromatic carbocycles. The zero-order valence-corrected chi connectivity index (χ0v) is 13.1. The molecule has 0 radical (unpaired) electrons. The summed E-state index contributed by atoms with van der Waals surface area (Å²) in [6, 6.07) is 0.762. The molecule has 0 bridgehead atoms. The fourth-order valence-corrected chi connectivity index (χ4v) is 3.73. The first-order chi connectivity index (χ1) is 9.11. The van der Waals surface area contributed by atoms with Gasteiger partial charge in [-0.3, -0.25) is 4.79 Å². The number of ether oxygens (including phenoxy) is 1. The number of sulfonamides is 1. The molecule has 0 fully saturated rings. The van der Waals surface area contributed by atoms with E-state index >= 15 is 0 Å². The number of anilines is 1. The lowest BCUT2D eigenvalue weighted by molar-refractivity contribution is -0.142. The molecule has 1 atom stereocenters. The van der Waals surface area contributed by atoms with Crippen LogP contribution in [-0.2, 0) is 19.6 Å². The number of methoxy groups -OCH3 is 1. The second kappa shape index (κ2) is 5.80. The average molecular weight is 300 g/mol. The van der Waals surface area contributed by atoms with Crippen LogP contribution >= 0.6 is 0 Å². The Morgan fingerprint density at radius 1 is 1.30 bits per heavy atom. The van der Waals surface area contributed by atoms with Gasteiger partial charge in [0.1, 0.15) is 6.04 Å². The highest BCUT2D eigenvalue weighted by Gasteiger charge is 2.26. The van der Waals surface area contributed by atoms with Crippen molar-refractivity contribution in [2.45, 2.75) is 38.6 Å². The van der Waals surface area contributed by atoms with E-state index in [0.717, 1.165) is 5.56 Å². The summed E-state index contributed by atoms with van der Waals surface area (Å²) in [4.78, 5) is 11.5. The van der Waals surface area contributed by atoms with Gasteiger partial charge >= 0.3 is 5.97 Å². The quantitative estimate of drug-likeness (QED) is 0.639. The molecule has 0 aliphatic heterocycles. The van der Waals surface area contributed by atoms with Gasteiger partial charge in [0.25, 0.3) is 0 Å². The van der Waals surface area contributed by atoms with Gasteiger partial charge in [0, 0.05) is 5.69 Å². The van der Waals surface area contributed by atoms with Gasteiger partial charge in [-0.05, 0) is 50.5 Å². The molecule has 0 heterocycles. The number of hydrogen-bond donors (Lipinski definition) is 2. The molecule has 20 heavy (non-hydrogen) atoms. The summed E-state index contributed by atoms with van der Waals surface area (Å²) in [5, 5.41) is 0. The van der Waals surface area contributed by atoms with Crippen LogP contribution in [0.15, 0.2) is 11.0 Å². The minimum absolute atomic E-state index is 0.116. The van der Waals surface area contributed by atoms with Crippen LogP contribution in [0, 0.1) is 20.8 Å². The Kier molecular flexibility index (Phi) is 4.77. The number of esters is 1. The standard InChI is InChI=1S/C13H20N2O4S/c1-7-6-11(14)9(3)12(8(7)2)20(17,18)15-10(4)13(16)19-5/h6,10,15H,14H2,1-5H3. The largest absolute Gasteiger partial charge is 0.468 e. The van der Waals surface area contributed by atoms with Crippen LogP contribution in [0.2, 0.25) is 0 Å². The van der Waals surface area contributed by atoms with Crippen LogP contribution in [0.3, 0.4) is 0 Å². The van der Waals surface area contributed by atoms with Crippen molar-refractivity contribution in [3.05, 3.63) is 22.8 Å². The third kappa shape index (κ3) is 3.10. The van der Waals surface area contributed by atoms with Crippen LogP contribution in [0.25, 0.3) is 0 Å². The van der Waals surface area contributed by atoms with Gasteiger partial charge in [-0.2, -0.15) is 4.72 Å². The summed E-state index contributed by atoms with van der Waals surface area (Å²) >= 11 is 0. The highest BCUT2D eigenvalue weighted by molar-refractivity contribution is 7.89. The molecule has 0 saturated heterocycles. The molecule has 0 amide bonds. The fourth-order valence-electron chi connectivity index (χ4n) is 1.96. The number of carbonyl (C=O) groups excluding carboxylic acids is 1. The fraction of sp³-hybridized carbons (Fsp3) is 0.462. The number of nitrogens with one attached hydrogen (secondary N) is 1. The van der Waals surface area contributed by atoms with E-state index in [1.54, 1.807) is 26.8 Å². The molecule has 1 rings (SSSR count). The monoisotopic (exact) mass is 300 g/mol. The second-order valence-corrected chi connectivity index (χ2v) is 6.38. The number of carbonyl (C=O) groups is 1. The predicted octanol–water partition coefficient (Wildman–Crippen LogP) is 1.03. The number of nitrogens with two attached hydrogens (primary N) is 1. The van der Waals surface area contributed by atoms with Gasteiger partial charge in [-0.15, -0.1) is 0 Å². The van der Waals surface area contributed by atoms with Crippen molar-refractivity contribution in [1.29, 1.82) is 0 Å². The maximum atomic E-state index is 12.4. The average Bonchev–Trinajstić information content (AvgIpc) is 2.34. The molecule has 0 spiro atoms. The first-order valence-corrected chi connectivity index (χ1v) is 7.56.